The molecule has 1 amide bonds. The van der Waals surface area contributed by atoms with Crippen molar-refractivity contribution in [3.05, 3.63) is 146 Å². The number of amides is 1. The standard InChI is InChI=1S/C71H119NO3/c1-3-5-7-9-11-13-15-17-19-21-23-25-27-29-31-33-35-37-38-40-42-44-46-48-50-52-54-56-58-60-62-64-66-70(74)69(68-73)72-71(75)67-65-63-61-59-57-55-53-51-49-47-45-43-41-39-36-34-32-30-28-26-24-22-20-18-16-14-12-10-8-6-4-2/h6,8,12,14,18,20,24,26,30,32,36,39,43,45,48-51,55-58,64,66,69-70,73-74H,3-5,7,9-11,13,15-17,19,21-23,25,27-29,31,33-35,37-38,40-42,44,46-47,52-54,59-63,65,67-68H2,1-2H3,(H,72,75)/b8-6-,14-12-,20-18-,26-24-,32-30-,39-36-,45-43-,50-48+,51-49-,57-55-,58-56+,66-64+. The molecular weight excluding hydrogens is 915 g/mol. The minimum Gasteiger partial charge on any atom is -0.394 e. The lowest BCUT2D eigenvalue weighted by atomic mass is 10.0. The van der Waals surface area contributed by atoms with Crippen molar-refractivity contribution in [1.82, 2.24) is 5.32 Å². The van der Waals surface area contributed by atoms with Gasteiger partial charge in [-0.05, 0) is 116 Å². The summed E-state index contributed by atoms with van der Waals surface area (Å²) in [6.07, 6.45) is 102. The first-order valence-electron chi connectivity index (χ1n) is 31.5. The quantitative estimate of drug-likeness (QED) is 0.0420. The fraction of sp³-hybridized carbons (Fsp3) is 0.648. The Balaban J connectivity index is 3.68. The summed E-state index contributed by atoms with van der Waals surface area (Å²) in [5.41, 5.74) is 0. The van der Waals surface area contributed by atoms with Gasteiger partial charge in [-0.25, -0.2) is 0 Å². The monoisotopic (exact) mass is 1030 g/mol. The van der Waals surface area contributed by atoms with Crippen LogP contribution in [0.2, 0.25) is 0 Å². The lowest BCUT2D eigenvalue weighted by Crippen LogP contribution is -2.45. The number of unbranched alkanes of at least 4 members (excludes halogenated alkanes) is 27. The van der Waals surface area contributed by atoms with Gasteiger partial charge in [0.25, 0.3) is 0 Å². The lowest BCUT2D eigenvalue weighted by Gasteiger charge is -2.19. The number of aliphatic hydroxyl groups excluding tert-OH is 2. The highest BCUT2D eigenvalue weighted by atomic mass is 16.3. The third-order valence-corrected chi connectivity index (χ3v) is 13.5. The first kappa shape index (κ1) is 71.3. The summed E-state index contributed by atoms with van der Waals surface area (Å²) in [5, 5.41) is 23.2. The maximum Gasteiger partial charge on any atom is 0.220 e. The number of allylic oxidation sites excluding steroid dienone is 23. The van der Waals surface area contributed by atoms with Crippen LogP contribution in [0, 0.1) is 0 Å². The van der Waals surface area contributed by atoms with Crippen LogP contribution in [0.5, 0.6) is 0 Å². The summed E-state index contributed by atoms with van der Waals surface area (Å²) in [5.74, 6) is -0.114. The van der Waals surface area contributed by atoms with Crippen LogP contribution in [0.15, 0.2) is 146 Å². The number of aliphatic hydroxyl groups is 2. The molecule has 4 heteroatoms. The average molecular weight is 1030 g/mol. The van der Waals surface area contributed by atoms with Crippen molar-refractivity contribution in [3.8, 4) is 0 Å². The predicted octanol–water partition coefficient (Wildman–Crippen LogP) is 21.5. The molecule has 0 aromatic rings. The molecular formula is C71H119NO3. The second-order valence-corrected chi connectivity index (χ2v) is 20.7. The zero-order chi connectivity index (χ0) is 54.1. The minimum absolute atomic E-state index is 0.114. The number of rotatable bonds is 56. The van der Waals surface area contributed by atoms with Crippen LogP contribution >= 0.6 is 0 Å². The van der Waals surface area contributed by atoms with Crippen LogP contribution in [0.1, 0.15) is 277 Å². The van der Waals surface area contributed by atoms with Crippen LogP contribution in [0.25, 0.3) is 0 Å². The van der Waals surface area contributed by atoms with Gasteiger partial charge in [-0.2, -0.15) is 0 Å². The zero-order valence-electron chi connectivity index (χ0n) is 49.0. The molecule has 0 heterocycles. The molecule has 4 nitrogen and oxygen atoms in total. The van der Waals surface area contributed by atoms with Crippen LogP contribution in [0.4, 0.5) is 0 Å². The Morgan fingerprint density at radius 3 is 0.933 bits per heavy atom. The Kier molecular flexibility index (Phi) is 61.3. The smallest absolute Gasteiger partial charge is 0.220 e. The van der Waals surface area contributed by atoms with Crippen molar-refractivity contribution in [1.29, 1.82) is 0 Å². The van der Waals surface area contributed by atoms with E-state index >= 15 is 0 Å². The Labute approximate surface area is 465 Å². The van der Waals surface area contributed by atoms with E-state index in [0.29, 0.717) is 6.42 Å². The molecule has 0 fully saturated rings. The highest BCUT2D eigenvalue weighted by Crippen LogP contribution is 2.16. The molecule has 0 saturated carbocycles. The molecule has 75 heavy (non-hydrogen) atoms. The van der Waals surface area contributed by atoms with E-state index in [0.717, 1.165) is 109 Å². The molecule has 0 saturated heterocycles. The molecule has 3 N–H and O–H groups in total. The summed E-state index contributed by atoms with van der Waals surface area (Å²) < 4.78 is 0. The van der Waals surface area contributed by atoms with Crippen LogP contribution in [0.3, 0.4) is 0 Å². The second kappa shape index (κ2) is 64.6. The Morgan fingerprint density at radius 2 is 0.600 bits per heavy atom. The highest BCUT2D eigenvalue weighted by molar-refractivity contribution is 5.76. The average Bonchev–Trinajstić information content (AvgIpc) is 3.41. The van der Waals surface area contributed by atoms with Crippen molar-refractivity contribution >= 4 is 5.91 Å². The van der Waals surface area contributed by atoms with Gasteiger partial charge in [0.05, 0.1) is 18.8 Å². The molecule has 426 valence electrons. The van der Waals surface area contributed by atoms with Gasteiger partial charge in [-0.3, -0.25) is 4.79 Å². The Bertz CT molecular complexity index is 1550. The van der Waals surface area contributed by atoms with Crippen molar-refractivity contribution < 1.29 is 15.0 Å². The predicted molar refractivity (Wildman–Crippen MR) is 335 cm³/mol. The van der Waals surface area contributed by atoms with Gasteiger partial charge >= 0.3 is 0 Å². The third kappa shape index (κ3) is 61.0. The van der Waals surface area contributed by atoms with Gasteiger partial charge < -0.3 is 15.5 Å². The van der Waals surface area contributed by atoms with Crippen molar-refractivity contribution in [2.45, 2.75) is 289 Å². The fourth-order valence-corrected chi connectivity index (χ4v) is 8.79. The molecule has 2 unspecified atom stereocenters. The first-order chi connectivity index (χ1) is 37.2. The topological polar surface area (TPSA) is 69.6 Å². The minimum atomic E-state index is -0.898. The zero-order valence-corrected chi connectivity index (χ0v) is 49.0. The van der Waals surface area contributed by atoms with Crippen molar-refractivity contribution in [2.75, 3.05) is 6.61 Å². The largest absolute Gasteiger partial charge is 0.394 e. The molecule has 0 aliphatic rings. The highest BCUT2D eigenvalue weighted by Gasteiger charge is 2.17. The summed E-state index contributed by atoms with van der Waals surface area (Å²) in [7, 11) is 0. The van der Waals surface area contributed by atoms with E-state index in [9.17, 15) is 15.0 Å². The summed E-state index contributed by atoms with van der Waals surface area (Å²) in [6, 6.07) is -0.677. The number of carbonyl (C=O) groups excluding carboxylic acids is 1. The van der Waals surface area contributed by atoms with Crippen molar-refractivity contribution in [2.24, 2.45) is 0 Å². The molecule has 0 spiro atoms. The van der Waals surface area contributed by atoms with Gasteiger partial charge in [0.1, 0.15) is 0 Å². The molecule has 0 radical (unpaired) electrons. The summed E-state index contributed by atoms with van der Waals surface area (Å²) in [4.78, 5) is 12.5. The van der Waals surface area contributed by atoms with E-state index in [1.54, 1.807) is 6.08 Å². The second-order valence-electron chi connectivity index (χ2n) is 20.7. The number of nitrogens with one attached hydrogen (secondary N) is 1. The molecule has 0 rings (SSSR count). The van der Waals surface area contributed by atoms with Gasteiger partial charge in [-0.1, -0.05) is 301 Å². The fourth-order valence-electron chi connectivity index (χ4n) is 8.79. The molecule has 0 aliphatic heterocycles. The maximum atomic E-state index is 12.5. The molecule has 2 atom stereocenters. The number of hydrogen-bond donors (Lipinski definition) is 3. The van der Waals surface area contributed by atoms with Gasteiger partial charge in [-0.15, -0.1) is 0 Å². The van der Waals surface area contributed by atoms with E-state index in [4.69, 9.17) is 0 Å². The van der Waals surface area contributed by atoms with E-state index in [2.05, 4.69) is 153 Å². The van der Waals surface area contributed by atoms with E-state index in [1.165, 1.54) is 148 Å². The number of carbonyl (C=O) groups is 1. The van der Waals surface area contributed by atoms with Gasteiger partial charge in [0.2, 0.25) is 5.91 Å². The van der Waals surface area contributed by atoms with Gasteiger partial charge in [0.15, 0.2) is 0 Å². The molecule has 0 aliphatic carbocycles. The number of hydrogen-bond acceptors (Lipinski definition) is 3. The summed E-state index contributed by atoms with van der Waals surface area (Å²) >= 11 is 0. The van der Waals surface area contributed by atoms with E-state index < -0.39 is 12.1 Å². The van der Waals surface area contributed by atoms with E-state index in [-0.39, 0.29) is 12.5 Å². The van der Waals surface area contributed by atoms with Crippen molar-refractivity contribution in [3.63, 3.8) is 0 Å². The first-order valence-corrected chi connectivity index (χ1v) is 31.5. The van der Waals surface area contributed by atoms with Crippen LogP contribution < -0.4 is 5.32 Å². The molecule has 0 bridgehead atoms. The molecule has 0 aromatic heterocycles. The van der Waals surface area contributed by atoms with Crippen LogP contribution in [-0.2, 0) is 4.79 Å². The summed E-state index contributed by atoms with van der Waals surface area (Å²) in [6.45, 7) is 4.17. The molecule has 0 aromatic carbocycles. The van der Waals surface area contributed by atoms with Gasteiger partial charge in [0, 0.05) is 6.42 Å². The van der Waals surface area contributed by atoms with Crippen LogP contribution in [-0.4, -0.2) is 34.9 Å². The Morgan fingerprint density at radius 1 is 0.333 bits per heavy atom. The third-order valence-electron chi connectivity index (χ3n) is 13.5. The SMILES string of the molecule is CC/C=C\C/C=C\C/C=C\C/C=C\C/C=C\C/C=C\C/C=C\C/C=C\C/C=C\CCCCCC(=O)NC(CO)C(O)/C=C/CC/C=C/CC/C=C/CCCCCCCCCCCCCCCCCCCCCCCC. The van der Waals surface area contributed by atoms with E-state index in [1.807, 2.05) is 6.08 Å². The normalized spacial score (nSPS) is 13.8. The lowest BCUT2D eigenvalue weighted by molar-refractivity contribution is -0.123. The maximum absolute atomic E-state index is 12.5. The Hall–Kier alpha value is -3.73.